The molecule has 0 radical (unpaired) electrons. The summed E-state index contributed by atoms with van der Waals surface area (Å²) in [5, 5.41) is 3.59. The third-order valence-corrected chi connectivity index (χ3v) is 2.91. The Kier molecular flexibility index (Phi) is 6.12. The number of rotatable bonds is 7. The van der Waals surface area contributed by atoms with Gasteiger partial charge in [0.1, 0.15) is 0 Å². The molecule has 0 fully saturated rings. The first-order valence-corrected chi connectivity index (χ1v) is 6.29. The van der Waals surface area contributed by atoms with E-state index in [4.69, 9.17) is 5.73 Å². The molecule has 16 heavy (non-hydrogen) atoms. The summed E-state index contributed by atoms with van der Waals surface area (Å²) in [5.41, 5.74) is 7.10. The zero-order valence-electron chi connectivity index (χ0n) is 10.4. The molecular formula is C14H24N2. The van der Waals surface area contributed by atoms with Gasteiger partial charge in [0.15, 0.2) is 0 Å². The summed E-state index contributed by atoms with van der Waals surface area (Å²) in [6, 6.07) is 11.3. The minimum absolute atomic E-state index is 0.285. The van der Waals surface area contributed by atoms with Crippen LogP contribution in [0.5, 0.6) is 0 Å². The molecule has 0 aliphatic carbocycles. The Morgan fingerprint density at radius 2 is 1.94 bits per heavy atom. The van der Waals surface area contributed by atoms with Crippen LogP contribution in [0.4, 0.5) is 0 Å². The largest absolute Gasteiger partial charge is 0.329 e. The summed E-state index contributed by atoms with van der Waals surface area (Å²) < 4.78 is 0. The first-order valence-electron chi connectivity index (χ1n) is 6.29. The van der Waals surface area contributed by atoms with Crippen molar-refractivity contribution in [2.24, 2.45) is 5.73 Å². The molecule has 0 saturated carbocycles. The van der Waals surface area contributed by atoms with Crippen LogP contribution in [0, 0.1) is 0 Å². The fourth-order valence-corrected chi connectivity index (χ4v) is 1.92. The molecule has 2 unspecified atom stereocenters. The maximum atomic E-state index is 5.82. The molecule has 1 rings (SSSR count). The molecule has 2 nitrogen and oxygen atoms in total. The SMILES string of the molecule is CCCCC(C)NC(CN)c1ccccc1. The van der Waals surface area contributed by atoms with Crippen LogP contribution < -0.4 is 11.1 Å². The highest BCUT2D eigenvalue weighted by Crippen LogP contribution is 2.13. The van der Waals surface area contributed by atoms with Crippen LogP contribution in [0.1, 0.15) is 44.7 Å². The lowest BCUT2D eigenvalue weighted by atomic mass is 10.0. The number of benzene rings is 1. The molecule has 0 aliphatic heterocycles. The van der Waals surface area contributed by atoms with E-state index in [1.165, 1.54) is 24.8 Å². The monoisotopic (exact) mass is 220 g/mol. The second-order valence-electron chi connectivity index (χ2n) is 4.41. The van der Waals surface area contributed by atoms with Crippen molar-refractivity contribution in [3.05, 3.63) is 35.9 Å². The van der Waals surface area contributed by atoms with Crippen molar-refractivity contribution in [2.75, 3.05) is 6.54 Å². The van der Waals surface area contributed by atoms with E-state index >= 15 is 0 Å². The van der Waals surface area contributed by atoms with Crippen LogP contribution in [-0.4, -0.2) is 12.6 Å². The van der Waals surface area contributed by atoms with Crippen LogP contribution >= 0.6 is 0 Å². The topological polar surface area (TPSA) is 38.0 Å². The van der Waals surface area contributed by atoms with Crippen LogP contribution in [0.15, 0.2) is 30.3 Å². The van der Waals surface area contributed by atoms with Crippen molar-refractivity contribution in [1.29, 1.82) is 0 Å². The van der Waals surface area contributed by atoms with Crippen LogP contribution in [0.3, 0.4) is 0 Å². The molecule has 0 heterocycles. The predicted molar refractivity (Wildman–Crippen MR) is 70.4 cm³/mol. The molecule has 0 spiro atoms. The van der Waals surface area contributed by atoms with Crippen molar-refractivity contribution in [3.8, 4) is 0 Å². The van der Waals surface area contributed by atoms with Crippen molar-refractivity contribution in [3.63, 3.8) is 0 Å². The molecule has 90 valence electrons. The standard InChI is InChI=1S/C14H24N2/c1-3-4-8-12(2)16-14(11-15)13-9-6-5-7-10-13/h5-7,9-10,12,14,16H,3-4,8,11,15H2,1-2H3. The Labute approximate surface area is 99.2 Å². The van der Waals surface area contributed by atoms with Gasteiger partial charge in [0, 0.05) is 18.6 Å². The lowest BCUT2D eigenvalue weighted by Crippen LogP contribution is -2.34. The van der Waals surface area contributed by atoms with Gasteiger partial charge in [-0.15, -0.1) is 0 Å². The molecule has 0 bridgehead atoms. The average Bonchev–Trinajstić information content (AvgIpc) is 2.34. The normalized spacial score (nSPS) is 14.7. The summed E-state index contributed by atoms with van der Waals surface area (Å²) in [6.07, 6.45) is 3.75. The van der Waals surface area contributed by atoms with E-state index in [0.29, 0.717) is 12.6 Å². The third kappa shape index (κ3) is 4.33. The van der Waals surface area contributed by atoms with Gasteiger partial charge in [0.2, 0.25) is 0 Å². The fourth-order valence-electron chi connectivity index (χ4n) is 1.92. The van der Waals surface area contributed by atoms with Gasteiger partial charge < -0.3 is 11.1 Å². The zero-order chi connectivity index (χ0) is 11.8. The molecule has 1 aromatic carbocycles. The van der Waals surface area contributed by atoms with Gasteiger partial charge in [0.05, 0.1) is 0 Å². The lowest BCUT2D eigenvalue weighted by Gasteiger charge is -2.22. The minimum atomic E-state index is 0.285. The molecule has 3 N–H and O–H groups in total. The molecule has 0 aromatic heterocycles. The highest BCUT2D eigenvalue weighted by Gasteiger charge is 2.11. The van der Waals surface area contributed by atoms with E-state index in [-0.39, 0.29) is 6.04 Å². The van der Waals surface area contributed by atoms with E-state index in [9.17, 15) is 0 Å². The number of nitrogens with one attached hydrogen (secondary N) is 1. The molecule has 0 amide bonds. The average molecular weight is 220 g/mol. The number of nitrogens with two attached hydrogens (primary N) is 1. The zero-order valence-corrected chi connectivity index (χ0v) is 10.4. The Balaban J connectivity index is 2.49. The third-order valence-electron chi connectivity index (χ3n) is 2.91. The predicted octanol–water partition coefficient (Wildman–Crippen LogP) is 2.85. The Bertz CT molecular complexity index is 271. The van der Waals surface area contributed by atoms with Crippen molar-refractivity contribution < 1.29 is 0 Å². The van der Waals surface area contributed by atoms with E-state index in [0.717, 1.165) is 0 Å². The number of hydrogen-bond donors (Lipinski definition) is 2. The van der Waals surface area contributed by atoms with E-state index < -0.39 is 0 Å². The van der Waals surface area contributed by atoms with E-state index in [2.05, 4.69) is 43.4 Å². The van der Waals surface area contributed by atoms with Crippen molar-refractivity contribution >= 4 is 0 Å². The minimum Gasteiger partial charge on any atom is -0.329 e. The van der Waals surface area contributed by atoms with E-state index in [1.54, 1.807) is 0 Å². The fraction of sp³-hybridized carbons (Fsp3) is 0.571. The Hall–Kier alpha value is -0.860. The molecule has 0 aliphatic rings. The lowest BCUT2D eigenvalue weighted by molar-refractivity contribution is 0.430. The molecule has 0 saturated heterocycles. The summed E-state index contributed by atoms with van der Waals surface area (Å²) in [6.45, 7) is 5.12. The van der Waals surface area contributed by atoms with Gasteiger partial charge in [-0.25, -0.2) is 0 Å². The molecule has 2 heteroatoms. The highest BCUT2D eigenvalue weighted by molar-refractivity contribution is 5.19. The number of hydrogen-bond acceptors (Lipinski definition) is 2. The second kappa shape index (κ2) is 7.42. The molecule has 1 aromatic rings. The summed E-state index contributed by atoms with van der Waals surface area (Å²) in [4.78, 5) is 0. The van der Waals surface area contributed by atoms with Gasteiger partial charge in [-0.05, 0) is 18.9 Å². The van der Waals surface area contributed by atoms with Gasteiger partial charge in [0.25, 0.3) is 0 Å². The van der Waals surface area contributed by atoms with Gasteiger partial charge >= 0.3 is 0 Å². The van der Waals surface area contributed by atoms with Crippen molar-refractivity contribution in [2.45, 2.75) is 45.2 Å². The molecule has 2 atom stereocenters. The first-order chi connectivity index (χ1) is 7.77. The highest BCUT2D eigenvalue weighted by atomic mass is 15.0. The van der Waals surface area contributed by atoms with Gasteiger partial charge in [-0.3, -0.25) is 0 Å². The quantitative estimate of drug-likeness (QED) is 0.741. The smallest absolute Gasteiger partial charge is 0.0446 e. The number of unbranched alkanes of at least 4 members (excludes halogenated alkanes) is 1. The first kappa shape index (κ1) is 13.2. The van der Waals surface area contributed by atoms with Crippen LogP contribution in [-0.2, 0) is 0 Å². The maximum Gasteiger partial charge on any atom is 0.0446 e. The molecular weight excluding hydrogens is 196 g/mol. The summed E-state index contributed by atoms with van der Waals surface area (Å²) in [5.74, 6) is 0. The van der Waals surface area contributed by atoms with Gasteiger partial charge in [-0.1, -0.05) is 50.1 Å². The maximum absolute atomic E-state index is 5.82. The second-order valence-corrected chi connectivity index (χ2v) is 4.41. The Morgan fingerprint density at radius 1 is 1.25 bits per heavy atom. The Morgan fingerprint density at radius 3 is 2.50 bits per heavy atom. The van der Waals surface area contributed by atoms with Gasteiger partial charge in [-0.2, -0.15) is 0 Å². The van der Waals surface area contributed by atoms with Crippen molar-refractivity contribution in [1.82, 2.24) is 5.32 Å². The summed E-state index contributed by atoms with van der Waals surface area (Å²) in [7, 11) is 0. The van der Waals surface area contributed by atoms with Crippen LogP contribution in [0.25, 0.3) is 0 Å². The van der Waals surface area contributed by atoms with Crippen LogP contribution in [0.2, 0.25) is 0 Å². The van der Waals surface area contributed by atoms with E-state index in [1.807, 2.05) is 6.07 Å². The summed E-state index contributed by atoms with van der Waals surface area (Å²) >= 11 is 0.